The number of anilines is 2. The molecule has 0 unspecified atom stereocenters. The fourth-order valence-electron chi connectivity index (χ4n) is 2.47. The number of rotatable bonds is 9. The van der Waals surface area contributed by atoms with E-state index in [4.69, 9.17) is 4.74 Å². The topological polar surface area (TPSA) is 97.4 Å². The molecule has 0 saturated heterocycles. The van der Waals surface area contributed by atoms with Gasteiger partial charge in [-0.1, -0.05) is 19.1 Å². The minimum Gasteiger partial charge on any atom is -0.493 e. The normalized spacial score (nSPS) is 11.1. The molecule has 0 bridgehead atoms. The van der Waals surface area contributed by atoms with Crippen molar-refractivity contribution in [3.63, 3.8) is 0 Å². The van der Waals surface area contributed by atoms with Crippen LogP contribution in [-0.4, -0.2) is 25.9 Å². The summed E-state index contributed by atoms with van der Waals surface area (Å²) >= 11 is 1.19. The highest BCUT2D eigenvalue weighted by atomic mass is 32.2. The van der Waals surface area contributed by atoms with E-state index < -0.39 is 10.0 Å². The lowest BCUT2D eigenvalue weighted by Gasteiger charge is -2.09. The monoisotopic (exact) mass is 431 g/mol. The molecule has 1 amide bonds. The molecule has 0 atom stereocenters. The first-order chi connectivity index (χ1) is 14.0. The Morgan fingerprint density at radius 2 is 1.83 bits per heavy atom. The van der Waals surface area contributed by atoms with E-state index in [1.165, 1.54) is 35.2 Å². The summed E-state index contributed by atoms with van der Waals surface area (Å²) < 4.78 is 32.6. The van der Waals surface area contributed by atoms with E-state index in [0.717, 1.165) is 12.2 Å². The molecule has 1 heterocycles. The van der Waals surface area contributed by atoms with Crippen LogP contribution in [-0.2, 0) is 21.2 Å². The van der Waals surface area contributed by atoms with Gasteiger partial charge in [0.2, 0.25) is 5.91 Å². The van der Waals surface area contributed by atoms with Crippen LogP contribution >= 0.6 is 11.3 Å². The Hall–Kier alpha value is -2.91. The van der Waals surface area contributed by atoms with Crippen molar-refractivity contribution in [2.24, 2.45) is 0 Å². The number of aryl methyl sites for hydroxylation is 1. The van der Waals surface area contributed by atoms with Crippen LogP contribution in [0, 0.1) is 0 Å². The van der Waals surface area contributed by atoms with Crippen molar-refractivity contribution in [3.05, 3.63) is 65.7 Å². The predicted molar refractivity (Wildman–Crippen MR) is 114 cm³/mol. The SMILES string of the molecule is CCc1ccc(OCCC(=O)Nc2ccc(S(=O)(=O)Nc3nccs3)cc2)cc1. The molecule has 2 N–H and O–H groups in total. The van der Waals surface area contributed by atoms with Gasteiger partial charge in [0.15, 0.2) is 5.13 Å². The summed E-state index contributed by atoms with van der Waals surface area (Å²) in [5.41, 5.74) is 1.73. The maximum absolute atomic E-state index is 12.3. The number of nitrogens with one attached hydrogen (secondary N) is 2. The average Bonchev–Trinajstić information content (AvgIpc) is 3.21. The van der Waals surface area contributed by atoms with Crippen LogP contribution in [0.4, 0.5) is 10.8 Å². The van der Waals surface area contributed by atoms with Crippen LogP contribution in [0.3, 0.4) is 0 Å². The molecule has 0 radical (unpaired) electrons. The van der Waals surface area contributed by atoms with E-state index >= 15 is 0 Å². The first kappa shape index (κ1) is 20.8. The molecule has 29 heavy (non-hydrogen) atoms. The number of nitrogens with zero attached hydrogens (tertiary/aromatic N) is 1. The quantitative estimate of drug-likeness (QED) is 0.535. The molecular weight excluding hydrogens is 410 g/mol. The van der Waals surface area contributed by atoms with Crippen molar-refractivity contribution >= 4 is 38.1 Å². The summed E-state index contributed by atoms with van der Waals surface area (Å²) in [6.07, 6.45) is 2.66. The largest absolute Gasteiger partial charge is 0.493 e. The van der Waals surface area contributed by atoms with Gasteiger partial charge >= 0.3 is 0 Å². The number of benzene rings is 2. The summed E-state index contributed by atoms with van der Waals surface area (Å²) in [5, 5.41) is 4.71. The molecule has 152 valence electrons. The Kier molecular flexibility index (Phi) is 6.84. The molecule has 0 fully saturated rings. The lowest BCUT2D eigenvalue weighted by atomic mass is 10.2. The standard InChI is InChI=1S/C20H21N3O4S2/c1-2-15-3-7-17(8-4-15)27-13-11-19(24)22-16-5-9-18(10-6-16)29(25,26)23-20-21-12-14-28-20/h3-10,12,14H,2,11,13H2,1H3,(H,21,23)(H,22,24). The van der Waals surface area contributed by atoms with E-state index in [-0.39, 0.29) is 23.8 Å². The van der Waals surface area contributed by atoms with Crippen molar-refractivity contribution in [2.75, 3.05) is 16.6 Å². The summed E-state index contributed by atoms with van der Waals surface area (Å²) in [5.74, 6) is 0.504. The number of sulfonamides is 1. The van der Waals surface area contributed by atoms with Gasteiger partial charge in [0, 0.05) is 17.3 Å². The van der Waals surface area contributed by atoms with Gasteiger partial charge in [-0.15, -0.1) is 11.3 Å². The Labute approximate surface area is 173 Å². The van der Waals surface area contributed by atoms with E-state index in [0.29, 0.717) is 10.8 Å². The number of ether oxygens (including phenoxy) is 1. The average molecular weight is 432 g/mol. The molecule has 0 spiro atoms. The third-order valence-electron chi connectivity index (χ3n) is 4.03. The molecule has 3 rings (SSSR count). The fourth-order valence-corrected chi connectivity index (χ4v) is 4.26. The third-order valence-corrected chi connectivity index (χ3v) is 6.20. The fraction of sp³-hybridized carbons (Fsp3) is 0.200. The second-order valence-electron chi connectivity index (χ2n) is 6.11. The summed E-state index contributed by atoms with van der Waals surface area (Å²) in [7, 11) is -3.71. The Morgan fingerprint density at radius 1 is 1.10 bits per heavy atom. The zero-order valence-electron chi connectivity index (χ0n) is 15.8. The number of hydrogen-bond donors (Lipinski definition) is 2. The smallest absolute Gasteiger partial charge is 0.263 e. The van der Waals surface area contributed by atoms with Crippen LogP contribution in [0.15, 0.2) is 65.0 Å². The van der Waals surface area contributed by atoms with Gasteiger partial charge in [-0.2, -0.15) is 0 Å². The van der Waals surface area contributed by atoms with Gasteiger partial charge in [0.1, 0.15) is 5.75 Å². The Balaban J connectivity index is 1.49. The first-order valence-electron chi connectivity index (χ1n) is 9.00. The molecule has 1 aromatic heterocycles. The van der Waals surface area contributed by atoms with Crippen LogP contribution in [0.2, 0.25) is 0 Å². The minimum atomic E-state index is -3.71. The highest BCUT2D eigenvalue weighted by Crippen LogP contribution is 2.19. The molecule has 3 aromatic rings. The van der Waals surface area contributed by atoms with Crippen molar-refractivity contribution in [2.45, 2.75) is 24.7 Å². The summed E-state index contributed by atoms with van der Waals surface area (Å²) in [6.45, 7) is 2.33. The van der Waals surface area contributed by atoms with Crippen molar-refractivity contribution in [1.82, 2.24) is 4.98 Å². The highest BCUT2D eigenvalue weighted by Gasteiger charge is 2.15. The van der Waals surface area contributed by atoms with Crippen LogP contribution < -0.4 is 14.8 Å². The highest BCUT2D eigenvalue weighted by molar-refractivity contribution is 7.93. The molecule has 0 aliphatic rings. The lowest BCUT2D eigenvalue weighted by molar-refractivity contribution is -0.116. The van der Waals surface area contributed by atoms with Crippen LogP contribution in [0.25, 0.3) is 0 Å². The maximum atomic E-state index is 12.3. The van der Waals surface area contributed by atoms with Crippen LogP contribution in [0.5, 0.6) is 5.75 Å². The molecule has 0 aliphatic heterocycles. The Bertz CT molecular complexity index is 1030. The summed E-state index contributed by atoms with van der Waals surface area (Å²) in [6, 6.07) is 13.7. The van der Waals surface area contributed by atoms with Gasteiger partial charge in [0.05, 0.1) is 17.9 Å². The number of amides is 1. The van der Waals surface area contributed by atoms with Crippen molar-refractivity contribution in [3.8, 4) is 5.75 Å². The van der Waals surface area contributed by atoms with Gasteiger partial charge in [0.25, 0.3) is 10.0 Å². The van der Waals surface area contributed by atoms with Gasteiger partial charge < -0.3 is 10.1 Å². The second kappa shape index (κ2) is 9.53. The zero-order valence-corrected chi connectivity index (χ0v) is 17.4. The molecule has 0 saturated carbocycles. The Morgan fingerprint density at radius 3 is 2.45 bits per heavy atom. The minimum absolute atomic E-state index is 0.0876. The number of carbonyl (C=O) groups excluding carboxylic acids is 1. The lowest BCUT2D eigenvalue weighted by Crippen LogP contribution is -2.16. The second-order valence-corrected chi connectivity index (χ2v) is 8.69. The number of carbonyl (C=O) groups is 1. The maximum Gasteiger partial charge on any atom is 0.263 e. The molecule has 0 aliphatic carbocycles. The predicted octanol–water partition coefficient (Wildman–Crippen LogP) is 3.91. The summed E-state index contributed by atoms with van der Waals surface area (Å²) in [4.78, 5) is 16.1. The van der Waals surface area contributed by atoms with Crippen LogP contribution in [0.1, 0.15) is 18.9 Å². The molecular formula is C20H21N3O4S2. The third kappa shape index (κ3) is 6.03. The molecule has 7 nitrogen and oxygen atoms in total. The van der Waals surface area contributed by atoms with E-state index in [1.54, 1.807) is 17.5 Å². The van der Waals surface area contributed by atoms with Gasteiger partial charge in [-0.05, 0) is 48.4 Å². The first-order valence-corrected chi connectivity index (χ1v) is 11.4. The van der Waals surface area contributed by atoms with Gasteiger partial charge in [-0.3, -0.25) is 9.52 Å². The molecule has 2 aromatic carbocycles. The van der Waals surface area contributed by atoms with E-state index in [2.05, 4.69) is 21.9 Å². The number of hydrogen-bond acceptors (Lipinski definition) is 6. The molecule has 9 heteroatoms. The van der Waals surface area contributed by atoms with Crippen molar-refractivity contribution in [1.29, 1.82) is 0 Å². The zero-order chi connectivity index (χ0) is 20.7. The number of aromatic nitrogens is 1. The number of thiazole rings is 1. The van der Waals surface area contributed by atoms with Crippen molar-refractivity contribution < 1.29 is 17.9 Å². The van der Waals surface area contributed by atoms with E-state index in [9.17, 15) is 13.2 Å². The van der Waals surface area contributed by atoms with E-state index in [1.807, 2.05) is 24.3 Å². The van der Waals surface area contributed by atoms with Gasteiger partial charge in [-0.25, -0.2) is 13.4 Å².